The fraction of sp³-hybridized carbons (Fsp3) is 0.438. The Morgan fingerprint density at radius 3 is 2.83 bits per heavy atom. The number of rotatable bonds is 8. The van der Waals surface area contributed by atoms with Crippen molar-refractivity contribution in [3.05, 3.63) is 46.4 Å². The van der Waals surface area contributed by atoms with Gasteiger partial charge in [0, 0.05) is 13.1 Å². The maximum absolute atomic E-state index is 12.0. The van der Waals surface area contributed by atoms with Gasteiger partial charge in [-0.15, -0.1) is 5.10 Å². The largest absolute Gasteiger partial charge is 0.355 e. The number of carbonyl (C=O) groups is 1. The molecule has 1 aromatic heterocycles. The summed E-state index contributed by atoms with van der Waals surface area (Å²) in [7, 11) is 0. The average Bonchev–Trinajstić information content (AvgIpc) is 2.92. The molecule has 1 heterocycles. The number of hydrogen-bond donors (Lipinski definition) is 2. The van der Waals surface area contributed by atoms with Gasteiger partial charge in [0.05, 0.1) is 5.75 Å². The van der Waals surface area contributed by atoms with Crippen molar-refractivity contribution in [1.29, 1.82) is 0 Å². The minimum atomic E-state index is -0.229. The average molecular weight is 334 g/mol. The predicted molar refractivity (Wildman–Crippen MR) is 91.7 cm³/mol. The van der Waals surface area contributed by atoms with Crippen molar-refractivity contribution < 1.29 is 4.79 Å². The van der Waals surface area contributed by atoms with Crippen LogP contribution < -0.4 is 11.0 Å². The van der Waals surface area contributed by atoms with E-state index in [1.54, 1.807) is 4.57 Å². The van der Waals surface area contributed by atoms with Crippen molar-refractivity contribution in [1.82, 2.24) is 20.1 Å². The maximum atomic E-state index is 12.0. The second-order valence-electron chi connectivity index (χ2n) is 5.37. The number of hydrogen-bond acceptors (Lipinski definition) is 4. The molecule has 0 radical (unpaired) electrons. The normalized spacial score (nSPS) is 12.1. The second kappa shape index (κ2) is 8.57. The molecule has 2 rings (SSSR count). The molecule has 6 nitrogen and oxygen atoms in total. The Bertz CT molecular complexity index is 681. The van der Waals surface area contributed by atoms with E-state index in [2.05, 4.69) is 34.6 Å². The van der Waals surface area contributed by atoms with E-state index in [1.165, 1.54) is 17.3 Å². The molecular weight excluding hydrogens is 312 g/mol. The zero-order valence-corrected chi connectivity index (χ0v) is 14.2. The second-order valence-corrected chi connectivity index (χ2v) is 6.31. The lowest BCUT2D eigenvalue weighted by molar-refractivity contribution is -0.118. The molecule has 2 N–H and O–H groups in total. The summed E-state index contributed by atoms with van der Waals surface area (Å²) < 4.78 is 1.56. The van der Waals surface area contributed by atoms with Gasteiger partial charge in [0.2, 0.25) is 5.91 Å². The summed E-state index contributed by atoms with van der Waals surface area (Å²) in [6.45, 7) is 5.26. The number of nitrogens with one attached hydrogen (secondary N) is 2. The third-order valence-electron chi connectivity index (χ3n) is 3.48. The van der Waals surface area contributed by atoms with Crippen LogP contribution in [-0.4, -0.2) is 33.0 Å². The number of amides is 1. The van der Waals surface area contributed by atoms with Crippen LogP contribution in [0.2, 0.25) is 0 Å². The summed E-state index contributed by atoms with van der Waals surface area (Å²) in [4.78, 5) is 23.5. The highest BCUT2D eigenvalue weighted by atomic mass is 32.2. The van der Waals surface area contributed by atoms with Crippen LogP contribution in [-0.2, 0) is 11.3 Å². The lowest BCUT2D eigenvalue weighted by Crippen LogP contribution is -2.29. The smallest absolute Gasteiger partial charge is 0.343 e. The van der Waals surface area contributed by atoms with Gasteiger partial charge in [-0.2, -0.15) is 0 Å². The molecule has 0 saturated heterocycles. The number of aromatic nitrogens is 3. The lowest BCUT2D eigenvalue weighted by atomic mass is 10.0. The molecule has 1 aromatic carbocycles. The maximum Gasteiger partial charge on any atom is 0.343 e. The summed E-state index contributed by atoms with van der Waals surface area (Å²) in [6.07, 6.45) is 0.841. The van der Waals surface area contributed by atoms with E-state index in [1.807, 2.05) is 25.1 Å². The first-order chi connectivity index (χ1) is 11.1. The number of nitrogens with zero attached hydrogens (tertiary/aromatic N) is 2. The van der Waals surface area contributed by atoms with Gasteiger partial charge in [0.25, 0.3) is 0 Å². The topological polar surface area (TPSA) is 79.8 Å². The first kappa shape index (κ1) is 17.3. The van der Waals surface area contributed by atoms with Gasteiger partial charge in [-0.3, -0.25) is 9.36 Å². The molecular formula is C16H22N4O2S. The number of aromatic amines is 1. The number of thioether (sulfide) groups is 1. The standard InChI is InChI=1S/C16H22N4O2S/c1-3-9-20-15(22)18-19-16(20)23-11-14(21)17-10-12(2)13-7-5-4-6-8-13/h4-8,12H,3,9-11H2,1-2H3,(H,17,21)(H,18,22)/t12-/m0/s1. The number of H-pyrrole nitrogens is 1. The molecule has 0 saturated carbocycles. The molecule has 0 unspecified atom stereocenters. The van der Waals surface area contributed by atoms with Crippen LogP contribution in [0, 0.1) is 0 Å². The van der Waals surface area contributed by atoms with Crippen LogP contribution in [0.25, 0.3) is 0 Å². The van der Waals surface area contributed by atoms with Crippen LogP contribution in [0.1, 0.15) is 31.7 Å². The molecule has 0 bridgehead atoms. The Morgan fingerprint density at radius 2 is 2.13 bits per heavy atom. The predicted octanol–water partition coefficient (Wildman–Crippen LogP) is 1.99. The molecule has 23 heavy (non-hydrogen) atoms. The molecule has 1 atom stereocenters. The number of carbonyl (C=O) groups excluding carboxylic acids is 1. The highest BCUT2D eigenvalue weighted by Gasteiger charge is 2.12. The Kier molecular flexibility index (Phi) is 6.46. The Morgan fingerprint density at radius 1 is 1.39 bits per heavy atom. The van der Waals surface area contributed by atoms with E-state index in [-0.39, 0.29) is 23.3 Å². The molecule has 0 aliphatic heterocycles. The lowest BCUT2D eigenvalue weighted by Gasteiger charge is -2.12. The van der Waals surface area contributed by atoms with Crippen LogP contribution in [0.4, 0.5) is 0 Å². The Labute approximate surface area is 139 Å². The first-order valence-corrected chi connectivity index (χ1v) is 8.70. The van der Waals surface area contributed by atoms with Gasteiger partial charge in [-0.25, -0.2) is 9.89 Å². The van der Waals surface area contributed by atoms with Crippen molar-refractivity contribution >= 4 is 17.7 Å². The molecule has 124 valence electrons. The summed E-state index contributed by atoms with van der Waals surface area (Å²) in [5.74, 6) is 0.445. The van der Waals surface area contributed by atoms with E-state index in [0.717, 1.165) is 6.42 Å². The third kappa shape index (κ3) is 4.99. The van der Waals surface area contributed by atoms with E-state index in [9.17, 15) is 9.59 Å². The minimum Gasteiger partial charge on any atom is -0.355 e. The third-order valence-corrected chi connectivity index (χ3v) is 4.45. The minimum absolute atomic E-state index is 0.0590. The van der Waals surface area contributed by atoms with Crippen LogP contribution in [0.15, 0.2) is 40.3 Å². The van der Waals surface area contributed by atoms with Crippen molar-refractivity contribution in [3.63, 3.8) is 0 Å². The Balaban J connectivity index is 1.80. The summed E-state index contributed by atoms with van der Waals surface area (Å²) in [5.41, 5.74) is 0.969. The molecule has 7 heteroatoms. The monoisotopic (exact) mass is 334 g/mol. The molecule has 0 spiro atoms. The SMILES string of the molecule is CCCn1c(SCC(=O)NC[C@H](C)c2ccccc2)n[nH]c1=O. The van der Waals surface area contributed by atoms with Crippen LogP contribution in [0.5, 0.6) is 0 Å². The zero-order chi connectivity index (χ0) is 16.7. The van der Waals surface area contributed by atoms with Gasteiger partial charge < -0.3 is 5.32 Å². The van der Waals surface area contributed by atoms with Crippen molar-refractivity contribution in [2.24, 2.45) is 0 Å². The van der Waals surface area contributed by atoms with E-state index in [0.29, 0.717) is 18.2 Å². The summed E-state index contributed by atoms with van der Waals surface area (Å²) >= 11 is 1.27. The Hall–Kier alpha value is -2.02. The highest BCUT2D eigenvalue weighted by molar-refractivity contribution is 7.99. The van der Waals surface area contributed by atoms with E-state index in [4.69, 9.17) is 0 Å². The van der Waals surface area contributed by atoms with E-state index < -0.39 is 0 Å². The summed E-state index contributed by atoms with van der Waals surface area (Å²) in [5, 5.41) is 9.86. The van der Waals surface area contributed by atoms with Gasteiger partial charge in [0.1, 0.15) is 0 Å². The van der Waals surface area contributed by atoms with Gasteiger partial charge >= 0.3 is 5.69 Å². The quantitative estimate of drug-likeness (QED) is 0.724. The molecule has 2 aromatic rings. The highest BCUT2D eigenvalue weighted by Crippen LogP contribution is 2.15. The van der Waals surface area contributed by atoms with E-state index >= 15 is 0 Å². The number of benzene rings is 1. The fourth-order valence-electron chi connectivity index (χ4n) is 2.18. The fourth-order valence-corrected chi connectivity index (χ4v) is 2.98. The molecule has 0 fully saturated rings. The van der Waals surface area contributed by atoms with Gasteiger partial charge in [0.15, 0.2) is 5.16 Å². The van der Waals surface area contributed by atoms with Crippen molar-refractivity contribution in [2.45, 2.75) is 37.9 Å². The van der Waals surface area contributed by atoms with Crippen LogP contribution in [0.3, 0.4) is 0 Å². The summed E-state index contributed by atoms with van der Waals surface area (Å²) in [6, 6.07) is 10.1. The van der Waals surface area contributed by atoms with Gasteiger partial charge in [-0.1, -0.05) is 55.9 Å². The van der Waals surface area contributed by atoms with Crippen molar-refractivity contribution in [2.75, 3.05) is 12.3 Å². The molecule has 1 amide bonds. The first-order valence-electron chi connectivity index (χ1n) is 7.71. The zero-order valence-electron chi connectivity index (χ0n) is 13.4. The van der Waals surface area contributed by atoms with Gasteiger partial charge in [-0.05, 0) is 17.9 Å². The van der Waals surface area contributed by atoms with Crippen LogP contribution >= 0.6 is 11.8 Å². The van der Waals surface area contributed by atoms with Crippen molar-refractivity contribution in [3.8, 4) is 0 Å². The molecule has 0 aliphatic rings. The molecule has 0 aliphatic carbocycles.